The van der Waals surface area contributed by atoms with Crippen molar-refractivity contribution in [1.82, 2.24) is 0 Å². The van der Waals surface area contributed by atoms with Crippen molar-refractivity contribution in [3.05, 3.63) is 51.6 Å². The van der Waals surface area contributed by atoms with Gasteiger partial charge in [-0.2, -0.15) is 5.26 Å². The molecule has 0 bridgehead atoms. The highest BCUT2D eigenvalue weighted by molar-refractivity contribution is 6.19. The van der Waals surface area contributed by atoms with Crippen LogP contribution in [0.2, 0.25) is 0 Å². The summed E-state index contributed by atoms with van der Waals surface area (Å²) >= 11 is 0. The third kappa shape index (κ3) is 2.11. The summed E-state index contributed by atoms with van der Waals surface area (Å²) in [5.41, 5.74) is 7.55. The van der Waals surface area contributed by atoms with Crippen LogP contribution in [0.4, 0.5) is 5.69 Å². The van der Waals surface area contributed by atoms with Crippen LogP contribution in [0.1, 0.15) is 43.4 Å². The standard InChI is InChI=1S/C21H21N3O3/c1-10-5-11(2)17-12(6-10)21(19(26)24-17)13(9-22)18(23)27-15-8-20(3,4)7-14(25)16(15)21/h5-6H,7-8,23H2,1-4H3,(H,24,26). The largest absolute Gasteiger partial charge is 0.444 e. The molecule has 2 heterocycles. The molecule has 0 saturated heterocycles. The fourth-order valence-electron chi connectivity index (χ4n) is 4.66. The molecule has 0 aromatic heterocycles. The van der Waals surface area contributed by atoms with Crippen molar-refractivity contribution in [3.63, 3.8) is 0 Å². The number of carbonyl (C=O) groups is 2. The lowest BCUT2D eigenvalue weighted by Crippen LogP contribution is -2.48. The molecule has 1 unspecified atom stereocenters. The van der Waals surface area contributed by atoms with Gasteiger partial charge in [-0.3, -0.25) is 9.59 Å². The maximum Gasteiger partial charge on any atom is 0.245 e. The van der Waals surface area contributed by atoms with Gasteiger partial charge in [-0.25, -0.2) is 0 Å². The van der Waals surface area contributed by atoms with Gasteiger partial charge < -0.3 is 15.8 Å². The quantitative estimate of drug-likeness (QED) is 0.737. The minimum atomic E-state index is -1.54. The molecule has 2 aliphatic heterocycles. The summed E-state index contributed by atoms with van der Waals surface area (Å²) in [5, 5.41) is 12.8. The first-order chi connectivity index (χ1) is 12.6. The number of Topliss-reactive ketones (excluding diaryl/α,β-unsaturated/α-hetero) is 1. The minimum absolute atomic E-state index is 0.0180. The van der Waals surface area contributed by atoms with E-state index in [9.17, 15) is 14.9 Å². The first-order valence-corrected chi connectivity index (χ1v) is 8.90. The van der Waals surface area contributed by atoms with Gasteiger partial charge in [0.25, 0.3) is 0 Å². The first-order valence-electron chi connectivity index (χ1n) is 8.90. The van der Waals surface area contributed by atoms with E-state index in [1.54, 1.807) is 0 Å². The summed E-state index contributed by atoms with van der Waals surface area (Å²) in [5.74, 6) is -0.308. The Bertz CT molecular complexity index is 1040. The van der Waals surface area contributed by atoms with Gasteiger partial charge in [0.15, 0.2) is 5.78 Å². The number of fused-ring (bicyclic) bond motifs is 3. The minimum Gasteiger partial charge on any atom is -0.444 e. The highest BCUT2D eigenvalue weighted by atomic mass is 16.5. The molecule has 6 heteroatoms. The number of nitrogens with zero attached hydrogens (tertiary/aromatic N) is 1. The summed E-state index contributed by atoms with van der Waals surface area (Å²) in [6.45, 7) is 7.76. The van der Waals surface area contributed by atoms with Crippen LogP contribution in [-0.4, -0.2) is 11.7 Å². The fourth-order valence-corrected chi connectivity index (χ4v) is 4.66. The van der Waals surface area contributed by atoms with Crippen LogP contribution in [0.3, 0.4) is 0 Å². The lowest BCUT2D eigenvalue weighted by Gasteiger charge is -2.41. The second-order valence-corrected chi connectivity index (χ2v) is 8.40. The Morgan fingerprint density at radius 1 is 1.22 bits per heavy atom. The van der Waals surface area contributed by atoms with Crippen molar-refractivity contribution >= 4 is 17.4 Å². The summed E-state index contributed by atoms with van der Waals surface area (Å²) in [6, 6.07) is 5.86. The number of ether oxygens (including phenoxy) is 1. The average molecular weight is 363 g/mol. The van der Waals surface area contributed by atoms with Crippen molar-refractivity contribution in [2.45, 2.75) is 46.0 Å². The maximum atomic E-state index is 13.4. The molecule has 138 valence electrons. The Kier molecular flexibility index (Phi) is 3.36. The molecule has 4 rings (SSSR count). The van der Waals surface area contributed by atoms with E-state index in [4.69, 9.17) is 10.5 Å². The maximum absolute atomic E-state index is 13.4. The van der Waals surface area contributed by atoms with Gasteiger partial charge in [0.05, 0.1) is 5.57 Å². The Balaban J connectivity index is 2.13. The van der Waals surface area contributed by atoms with Crippen molar-refractivity contribution < 1.29 is 14.3 Å². The number of hydrogen-bond acceptors (Lipinski definition) is 5. The lowest BCUT2D eigenvalue weighted by molar-refractivity contribution is -0.124. The Labute approximate surface area is 157 Å². The first kappa shape index (κ1) is 17.3. The highest BCUT2D eigenvalue weighted by Gasteiger charge is 2.61. The molecule has 1 amide bonds. The van der Waals surface area contributed by atoms with Gasteiger partial charge in [-0.15, -0.1) is 0 Å². The van der Waals surface area contributed by atoms with Crippen LogP contribution in [-0.2, 0) is 19.7 Å². The average Bonchev–Trinajstić information content (AvgIpc) is 2.80. The number of rotatable bonds is 0. The van der Waals surface area contributed by atoms with E-state index in [1.165, 1.54) is 0 Å². The van der Waals surface area contributed by atoms with Crippen LogP contribution in [0.15, 0.2) is 34.9 Å². The molecule has 0 saturated carbocycles. The van der Waals surface area contributed by atoms with Crippen LogP contribution in [0.25, 0.3) is 0 Å². The number of aryl methyl sites for hydroxylation is 2. The van der Waals surface area contributed by atoms with Gasteiger partial charge in [0.2, 0.25) is 11.8 Å². The predicted molar refractivity (Wildman–Crippen MR) is 99.2 cm³/mol. The van der Waals surface area contributed by atoms with Crippen LogP contribution < -0.4 is 11.1 Å². The van der Waals surface area contributed by atoms with Crippen molar-refractivity contribution in [1.29, 1.82) is 5.26 Å². The molecule has 3 aliphatic rings. The van der Waals surface area contributed by atoms with E-state index in [0.29, 0.717) is 23.4 Å². The second-order valence-electron chi connectivity index (χ2n) is 8.40. The molecule has 27 heavy (non-hydrogen) atoms. The van der Waals surface area contributed by atoms with E-state index in [1.807, 2.05) is 39.8 Å². The normalized spacial score (nSPS) is 25.7. The Morgan fingerprint density at radius 3 is 2.59 bits per heavy atom. The van der Waals surface area contributed by atoms with Crippen LogP contribution in [0.5, 0.6) is 0 Å². The zero-order valence-electron chi connectivity index (χ0n) is 15.8. The molecule has 3 N–H and O–H groups in total. The van der Waals surface area contributed by atoms with Gasteiger partial charge in [-0.05, 0) is 24.8 Å². The third-order valence-corrected chi connectivity index (χ3v) is 5.64. The Morgan fingerprint density at radius 2 is 1.93 bits per heavy atom. The van der Waals surface area contributed by atoms with Gasteiger partial charge in [0.1, 0.15) is 22.8 Å². The van der Waals surface area contributed by atoms with Crippen LogP contribution >= 0.6 is 0 Å². The monoisotopic (exact) mass is 363 g/mol. The van der Waals surface area contributed by atoms with E-state index in [2.05, 4.69) is 11.4 Å². The molecule has 1 aromatic carbocycles. The van der Waals surface area contributed by atoms with E-state index in [-0.39, 0.29) is 34.6 Å². The number of allylic oxidation sites excluding steroid dienone is 1. The van der Waals surface area contributed by atoms with Crippen LogP contribution in [0, 0.1) is 30.6 Å². The second kappa shape index (κ2) is 5.23. The fraction of sp³-hybridized carbons (Fsp3) is 0.381. The summed E-state index contributed by atoms with van der Waals surface area (Å²) in [6.07, 6.45) is 0.756. The highest BCUT2D eigenvalue weighted by Crippen LogP contribution is 2.56. The smallest absolute Gasteiger partial charge is 0.245 e. The summed E-state index contributed by atoms with van der Waals surface area (Å²) in [4.78, 5) is 26.6. The number of ketones is 1. The summed E-state index contributed by atoms with van der Waals surface area (Å²) in [7, 11) is 0. The number of nitrogens with one attached hydrogen (secondary N) is 1. The molecule has 1 aromatic rings. The number of amides is 1. The number of benzene rings is 1. The topological polar surface area (TPSA) is 105 Å². The SMILES string of the molecule is Cc1cc(C)c2c(c1)C1(C(=O)N2)C(C#N)=C(N)OC2=C1C(=O)CC(C)(C)C2. The molecular formula is C21H21N3O3. The zero-order valence-corrected chi connectivity index (χ0v) is 15.8. The molecule has 6 nitrogen and oxygen atoms in total. The molecule has 0 fully saturated rings. The number of anilines is 1. The summed E-state index contributed by atoms with van der Waals surface area (Å²) < 4.78 is 5.72. The number of nitrogens with two attached hydrogens (primary N) is 1. The van der Waals surface area contributed by atoms with Crippen molar-refractivity contribution in [3.8, 4) is 6.07 Å². The van der Waals surface area contributed by atoms with Crippen molar-refractivity contribution in [2.24, 2.45) is 11.1 Å². The number of carbonyl (C=O) groups excluding carboxylic acids is 2. The zero-order chi connectivity index (χ0) is 19.7. The van der Waals surface area contributed by atoms with Crippen molar-refractivity contribution in [2.75, 3.05) is 5.32 Å². The Hall–Kier alpha value is -3.07. The number of hydrogen-bond donors (Lipinski definition) is 2. The molecule has 1 spiro atoms. The molecule has 1 atom stereocenters. The van der Waals surface area contributed by atoms with Gasteiger partial charge in [-0.1, -0.05) is 31.5 Å². The molecule has 0 radical (unpaired) electrons. The van der Waals surface area contributed by atoms with E-state index in [0.717, 1.165) is 11.1 Å². The van der Waals surface area contributed by atoms with Gasteiger partial charge >= 0.3 is 0 Å². The molecule has 1 aliphatic carbocycles. The van der Waals surface area contributed by atoms with E-state index < -0.39 is 11.3 Å². The predicted octanol–water partition coefficient (Wildman–Crippen LogP) is 2.86. The van der Waals surface area contributed by atoms with Gasteiger partial charge in [0, 0.05) is 24.1 Å². The number of nitriles is 1. The van der Waals surface area contributed by atoms with E-state index >= 15 is 0 Å². The lowest BCUT2D eigenvalue weighted by atomic mass is 9.62. The molecular weight excluding hydrogens is 342 g/mol. The third-order valence-electron chi connectivity index (χ3n) is 5.64.